The van der Waals surface area contributed by atoms with Gasteiger partial charge in [0.2, 0.25) is 0 Å². The monoisotopic (exact) mass is 203 g/mol. The van der Waals surface area contributed by atoms with E-state index in [2.05, 4.69) is 16.2 Å². The van der Waals surface area contributed by atoms with Crippen molar-refractivity contribution in [3.05, 3.63) is 36.3 Å². The maximum atomic E-state index is 4.26. The highest BCUT2D eigenvalue weighted by molar-refractivity contribution is 6.09. The molecule has 80 valence electrons. The summed E-state index contributed by atoms with van der Waals surface area (Å²) in [5.74, 6) is 0. The number of nitrogens with zero attached hydrogens (tertiary/aromatic N) is 3. The van der Waals surface area contributed by atoms with Crippen LogP contribution < -0.4 is 0 Å². The van der Waals surface area contributed by atoms with Crippen LogP contribution in [0.1, 0.15) is 12.5 Å². The number of aliphatic imine (C=N–C) groups is 1. The lowest BCUT2D eigenvalue weighted by molar-refractivity contribution is 0.566. The van der Waals surface area contributed by atoms with Gasteiger partial charge in [0.15, 0.2) is 0 Å². The molecule has 1 rings (SSSR count). The molecule has 0 amide bonds. The third kappa shape index (κ3) is 3.94. The van der Waals surface area contributed by atoms with Crippen molar-refractivity contribution in [2.45, 2.75) is 6.92 Å². The first-order valence-electron chi connectivity index (χ1n) is 5.02. The van der Waals surface area contributed by atoms with Crippen molar-refractivity contribution in [1.82, 2.24) is 9.88 Å². The zero-order valence-electron chi connectivity index (χ0n) is 9.51. The van der Waals surface area contributed by atoms with Crippen LogP contribution in [0.15, 0.2) is 35.7 Å². The van der Waals surface area contributed by atoms with Gasteiger partial charge in [0.25, 0.3) is 0 Å². The van der Waals surface area contributed by atoms with Gasteiger partial charge in [-0.2, -0.15) is 0 Å². The van der Waals surface area contributed by atoms with Crippen LogP contribution in [0.5, 0.6) is 0 Å². The van der Waals surface area contributed by atoms with Crippen LogP contribution in [0.4, 0.5) is 0 Å². The second-order valence-corrected chi connectivity index (χ2v) is 3.41. The minimum atomic E-state index is 0.801. The summed E-state index contributed by atoms with van der Waals surface area (Å²) in [4.78, 5) is 10.3. The van der Waals surface area contributed by atoms with Crippen LogP contribution in [-0.2, 0) is 0 Å². The molecule has 0 saturated carbocycles. The van der Waals surface area contributed by atoms with Crippen molar-refractivity contribution in [1.29, 1.82) is 0 Å². The SMILES string of the molecule is CCN=CC(=CN(C)C)c1ccncc1. The fourth-order valence-electron chi connectivity index (χ4n) is 1.19. The lowest BCUT2D eigenvalue weighted by atomic mass is 10.1. The Morgan fingerprint density at radius 3 is 2.60 bits per heavy atom. The Balaban J connectivity index is 2.97. The summed E-state index contributed by atoms with van der Waals surface area (Å²) in [5, 5.41) is 0. The molecule has 3 nitrogen and oxygen atoms in total. The topological polar surface area (TPSA) is 28.5 Å². The number of pyridine rings is 1. The molecule has 0 aliphatic heterocycles. The maximum Gasteiger partial charge on any atom is 0.0361 e. The number of allylic oxidation sites excluding steroid dienone is 1. The van der Waals surface area contributed by atoms with E-state index in [0.717, 1.165) is 17.7 Å². The molecule has 15 heavy (non-hydrogen) atoms. The van der Waals surface area contributed by atoms with Gasteiger partial charge in [0.05, 0.1) is 0 Å². The quantitative estimate of drug-likeness (QED) is 0.701. The fourth-order valence-corrected chi connectivity index (χ4v) is 1.19. The predicted molar refractivity (Wildman–Crippen MR) is 64.9 cm³/mol. The molecular weight excluding hydrogens is 186 g/mol. The Morgan fingerprint density at radius 1 is 1.40 bits per heavy atom. The Kier molecular flexibility index (Phi) is 4.54. The molecule has 3 heteroatoms. The summed E-state index contributed by atoms with van der Waals surface area (Å²) in [5.41, 5.74) is 2.24. The highest BCUT2D eigenvalue weighted by Gasteiger charge is 1.97. The molecule has 0 bridgehead atoms. The summed E-state index contributed by atoms with van der Waals surface area (Å²) in [6, 6.07) is 3.97. The van der Waals surface area contributed by atoms with E-state index < -0.39 is 0 Å². The average molecular weight is 203 g/mol. The van der Waals surface area contributed by atoms with E-state index in [-0.39, 0.29) is 0 Å². The molecule has 1 heterocycles. The number of hydrogen-bond acceptors (Lipinski definition) is 3. The first kappa shape index (κ1) is 11.4. The van der Waals surface area contributed by atoms with E-state index in [1.165, 1.54) is 0 Å². The Bertz CT molecular complexity index is 339. The molecule has 0 aliphatic carbocycles. The number of rotatable bonds is 4. The van der Waals surface area contributed by atoms with Crippen LogP contribution in [-0.4, -0.2) is 36.7 Å². The van der Waals surface area contributed by atoms with Gasteiger partial charge in [0.1, 0.15) is 0 Å². The predicted octanol–water partition coefficient (Wildman–Crippen LogP) is 2.07. The molecule has 0 aliphatic rings. The van der Waals surface area contributed by atoms with Crippen LogP contribution in [0.25, 0.3) is 5.57 Å². The first-order chi connectivity index (χ1) is 7.24. The molecule has 0 N–H and O–H groups in total. The molecule has 1 aromatic heterocycles. The standard InChI is InChI=1S/C12H17N3/c1-4-13-9-12(10-15(2)3)11-5-7-14-8-6-11/h5-10H,4H2,1-3H3. The molecule has 0 atom stereocenters. The van der Waals surface area contributed by atoms with Crippen molar-refractivity contribution in [2.75, 3.05) is 20.6 Å². The van der Waals surface area contributed by atoms with Gasteiger partial charge in [-0.15, -0.1) is 0 Å². The van der Waals surface area contributed by atoms with Crippen molar-refractivity contribution in [3.8, 4) is 0 Å². The van der Waals surface area contributed by atoms with Crippen LogP contribution >= 0.6 is 0 Å². The van der Waals surface area contributed by atoms with E-state index in [1.807, 2.05) is 44.3 Å². The normalized spacial score (nSPS) is 12.1. The zero-order chi connectivity index (χ0) is 11.1. The zero-order valence-corrected chi connectivity index (χ0v) is 9.51. The Morgan fingerprint density at radius 2 is 2.07 bits per heavy atom. The smallest absolute Gasteiger partial charge is 0.0361 e. The molecule has 0 radical (unpaired) electrons. The third-order valence-electron chi connectivity index (χ3n) is 1.82. The van der Waals surface area contributed by atoms with E-state index in [0.29, 0.717) is 0 Å². The van der Waals surface area contributed by atoms with Gasteiger partial charge in [0, 0.05) is 51.0 Å². The number of hydrogen-bond donors (Lipinski definition) is 0. The van der Waals surface area contributed by atoms with E-state index >= 15 is 0 Å². The van der Waals surface area contributed by atoms with Crippen molar-refractivity contribution >= 4 is 11.8 Å². The average Bonchev–Trinajstić information content (AvgIpc) is 2.25. The molecule has 1 aromatic rings. The van der Waals surface area contributed by atoms with Gasteiger partial charge < -0.3 is 4.90 Å². The summed E-state index contributed by atoms with van der Waals surface area (Å²) in [6.07, 6.45) is 7.53. The molecule has 0 fully saturated rings. The highest BCUT2D eigenvalue weighted by atomic mass is 15.0. The Hall–Kier alpha value is -1.64. The molecule has 0 unspecified atom stereocenters. The third-order valence-corrected chi connectivity index (χ3v) is 1.82. The van der Waals surface area contributed by atoms with Crippen LogP contribution in [0.2, 0.25) is 0 Å². The lowest BCUT2D eigenvalue weighted by Crippen LogP contribution is -2.03. The lowest BCUT2D eigenvalue weighted by Gasteiger charge is -2.08. The van der Waals surface area contributed by atoms with E-state index in [1.54, 1.807) is 12.4 Å². The summed E-state index contributed by atoms with van der Waals surface area (Å²) < 4.78 is 0. The van der Waals surface area contributed by atoms with Crippen molar-refractivity contribution < 1.29 is 0 Å². The molecule has 0 aromatic carbocycles. The minimum Gasteiger partial charge on any atom is -0.383 e. The largest absolute Gasteiger partial charge is 0.383 e. The second-order valence-electron chi connectivity index (χ2n) is 3.41. The van der Waals surface area contributed by atoms with Crippen LogP contribution in [0.3, 0.4) is 0 Å². The molecule has 0 spiro atoms. The van der Waals surface area contributed by atoms with E-state index in [4.69, 9.17) is 0 Å². The maximum absolute atomic E-state index is 4.26. The van der Waals surface area contributed by atoms with Crippen molar-refractivity contribution in [3.63, 3.8) is 0 Å². The van der Waals surface area contributed by atoms with Gasteiger partial charge >= 0.3 is 0 Å². The Labute approximate surface area is 91.2 Å². The van der Waals surface area contributed by atoms with Gasteiger partial charge in [-0.05, 0) is 24.6 Å². The van der Waals surface area contributed by atoms with E-state index in [9.17, 15) is 0 Å². The summed E-state index contributed by atoms with van der Waals surface area (Å²) in [7, 11) is 4.00. The minimum absolute atomic E-state index is 0.801. The second kappa shape index (κ2) is 5.96. The van der Waals surface area contributed by atoms with Crippen molar-refractivity contribution in [2.24, 2.45) is 4.99 Å². The van der Waals surface area contributed by atoms with Gasteiger partial charge in [-0.1, -0.05) is 0 Å². The summed E-state index contributed by atoms with van der Waals surface area (Å²) in [6.45, 7) is 2.83. The fraction of sp³-hybridized carbons (Fsp3) is 0.333. The highest BCUT2D eigenvalue weighted by Crippen LogP contribution is 2.11. The molecular formula is C12H17N3. The van der Waals surface area contributed by atoms with Gasteiger partial charge in [-0.25, -0.2) is 0 Å². The van der Waals surface area contributed by atoms with Crippen LogP contribution in [0, 0.1) is 0 Å². The first-order valence-corrected chi connectivity index (χ1v) is 5.02. The summed E-state index contributed by atoms with van der Waals surface area (Å²) >= 11 is 0. The van der Waals surface area contributed by atoms with Gasteiger partial charge in [-0.3, -0.25) is 9.98 Å². The molecule has 0 saturated heterocycles. The number of aromatic nitrogens is 1.